The molecule has 0 saturated carbocycles. The van der Waals surface area contributed by atoms with E-state index in [2.05, 4.69) is 88.7 Å². The molecule has 30 heavy (non-hydrogen) atoms. The summed E-state index contributed by atoms with van der Waals surface area (Å²) in [6.07, 6.45) is 5.37. The molecule has 0 saturated heterocycles. The SMILES string of the molecule is [Cl-].[Cl-].[S]=[Zr+2]([c]1cccc2c1-c1ccccc1C2)[c]1cccc2c1=C1OC(Br)C=C1C=2. The van der Waals surface area contributed by atoms with Gasteiger partial charge >= 0.3 is 184 Å². The van der Waals surface area contributed by atoms with Crippen molar-refractivity contribution in [3.8, 4) is 11.1 Å². The van der Waals surface area contributed by atoms with Crippen LogP contribution >= 0.6 is 24.8 Å². The molecule has 0 aromatic heterocycles. The molecule has 0 N–H and O–H groups in total. The molecule has 1 unspecified atom stereocenters. The first kappa shape index (κ1) is 22.3. The summed E-state index contributed by atoms with van der Waals surface area (Å²) in [4.78, 5) is 0. The molecule has 3 aromatic carbocycles. The van der Waals surface area contributed by atoms with Crippen LogP contribution in [0.25, 0.3) is 23.0 Å². The number of fused-ring (bicyclic) bond motifs is 5. The number of halogens is 3. The summed E-state index contributed by atoms with van der Waals surface area (Å²) >= 11 is 1.04. The van der Waals surface area contributed by atoms with Crippen molar-refractivity contribution in [2.24, 2.45) is 0 Å². The van der Waals surface area contributed by atoms with Gasteiger partial charge in [0.25, 0.3) is 0 Å². The van der Waals surface area contributed by atoms with Crippen molar-refractivity contribution < 1.29 is 49.3 Å². The fraction of sp³-hybridized carbons (Fsp3) is 0.0833. The molecule has 0 spiro atoms. The topological polar surface area (TPSA) is 9.23 Å². The van der Waals surface area contributed by atoms with Crippen molar-refractivity contribution >= 4 is 43.2 Å². The summed E-state index contributed by atoms with van der Waals surface area (Å²) in [7, 11) is 6.35. The summed E-state index contributed by atoms with van der Waals surface area (Å²) in [5.74, 6) is 1.00. The van der Waals surface area contributed by atoms with Crippen molar-refractivity contribution in [1.82, 2.24) is 0 Å². The Kier molecular flexibility index (Phi) is 6.37. The van der Waals surface area contributed by atoms with Crippen LogP contribution in [0.3, 0.4) is 0 Å². The van der Waals surface area contributed by atoms with Crippen molar-refractivity contribution in [3.63, 3.8) is 0 Å². The third-order valence-corrected chi connectivity index (χ3v) is 13.3. The molecule has 6 rings (SSSR count). The standard InChI is InChI=1S/C13H9.C11H6BrO.2ClH.S.Zr/c1-3-7-12-10(5-1)9-11-6-2-4-8-13(11)12;12-10-6-8-5-7-3-1-2-4-9(7)11(8)13-10;;;;/h1-7H,9H2;1-3,5-6,10H;2*1H;;/q;;;;;+2/p-2. The van der Waals surface area contributed by atoms with Gasteiger partial charge in [-0.1, -0.05) is 0 Å². The predicted octanol–water partition coefficient (Wildman–Crippen LogP) is -2.47. The van der Waals surface area contributed by atoms with Gasteiger partial charge in [-0.3, -0.25) is 0 Å². The first-order valence-electron chi connectivity index (χ1n) is 9.33. The van der Waals surface area contributed by atoms with Gasteiger partial charge in [0.05, 0.1) is 0 Å². The number of hydrogen-bond donors (Lipinski definition) is 0. The van der Waals surface area contributed by atoms with E-state index in [0.717, 1.165) is 12.2 Å². The van der Waals surface area contributed by atoms with Crippen LogP contribution in [0.4, 0.5) is 0 Å². The second-order valence-corrected chi connectivity index (χ2v) is 14.9. The Labute approximate surface area is 207 Å². The molecule has 6 heteroatoms. The summed E-state index contributed by atoms with van der Waals surface area (Å²) in [6, 6.07) is 22.1. The van der Waals surface area contributed by atoms with E-state index in [-0.39, 0.29) is 29.8 Å². The summed E-state index contributed by atoms with van der Waals surface area (Å²) in [5.41, 5.74) is 6.81. The van der Waals surface area contributed by atoms with Gasteiger partial charge in [-0.15, -0.1) is 0 Å². The number of benzene rings is 3. The number of hydrogen-bond acceptors (Lipinski definition) is 2. The molecule has 0 amide bonds. The maximum atomic E-state index is 6.35. The first-order valence-corrected chi connectivity index (χ1v) is 16.1. The number of ether oxygens (including phenoxy) is 1. The molecule has 1 aliphatic heterocycles. The molecule has 0 fully saturated rings. The van der Waals surface area contributed by atoms with E-state index in [4.69, 9.17) is 13.6 Å². The van der Waals surface area contributed by atoms with Crippen LogP contribution in [0.15, 0.2) is 72.3 Å². The van der Waals surface area contributed by atoms with E-state index in [0.29, 0.717) is 0 Å². The monoisotopic (exact) mass is 590 g/mol. The number of alkyl halides is 1. The Morgan fingerprint density at radius 1 is 0.900 bits per heavy atom. The van der Waals surface area contributed by atoms with Gasteiger partial charge in [-0.2, -0.15) is 0 Å². The Morgan fingerprint density at radius 2 is 1.63 bits per heavy atom. The fourth-order valence-corrected chi connectivity index (χ4v) is 11.5. The van der Waals surface area contributed by atoms with Crippen LogP contribution in [0.5, 0.6) is 0 Å². The Bertz CT molecular complexity index is 1370. The molecular formula is C24H15BrCl2OSZr. The first-order chi connectivity index (χ1) is 13.7. The van der Waals surface area contributed by atoms with Crippen molar-refractivity contribution in [1.29, 1.82) is 0 Å². The van der Waals surface area contributed by atoms with E-state index in [9.17, 15) is 0 Å². The van der Waals surface area contributed by atoms with Gasteiger partial charge in [0.15, 0.2) is 0 Å². The van der Waals surface area contributed by atoms with Crippen LogP contribution < -0.4 is 41.8 Å². The molecule has 1 heterocycles. The fourth-order valence-electron chi connectivity index (χ4n) is 4.57. The van der Waals surface area contributed by atoms with Gasteiger partial charge in [-0.05, 0) is 0 Å². The minimum atomic E-state index is -2.52. The third-order valence-electron chi connectivity index (χ3n) is 5.75. The molecule has 3 aromatic rings. The van der Waals surface area contributed by atoms with Gasteiger partial charge in [-0.25, -0.2) is 0 Å². The second kappa shape index (κ2) is 8.56. The van der Waals surface area contributed by atoms with Gasteiger partial charge < -0.3 is 24.8 Å². The van der Waals surface area contributed by atoms with Crippen LogP contribution in [0.1, 0.15) is 11.1 Å². The third kappa shape index (κ3) is 3.36. The van der Waals surface area contributed by atoms with Crippen LogP contribution in [0, 0.1) is 0 Å². The van der Waals surface area contributed by atoms with Gasteiger partial charge in [0, 0.05) is 0 Å². The minimum absolute atomic E-state index is 0. The van der Waals surface area contributed by atoms with Gasteiger partial charge in [0.1, 0.15) is 0 Å². The zero-order chi connectivity index (χ0) is 18.8. The number of rotatable bonds is 2. The maximum absolute atomic E-state index is 6.35. The molecule has 148 valence electrons. The molecule has 2 aliphatic carbocycles. The Hall–Kier alpha value is -0.897. The molecule has 0 radical (unpaired) electrons. The Balaban J connectivity index is 0.00000109. The average Bonchev–Trinajstić information content (AvgIpc) is 3.36. The average molecular weight is 593 g/mol. The zero-order valence-corrected chi connectivity index (χ0v) is 22.0. The summed E-state index contributed by atoms with van der Waals surface area (Å²) in [5, 5.41) is 2.44. The van der Waals surface area contributed by atoms with Crippen LogP contribution in [-0.4, -0.2) is 5.01 Å². The van der Waals surface area contributed by atoms with E-state index >= 15 is 0 Å². The molecule has 1 nitrogen and oxygen atoms in total. The molecule has 3 aliphatic rings. The van der Waals surface area contributed by atoms with Crippen molar-refractivity contribution in [3.05, 3.63) is 93.9 Å². The van der Waals surface area contributed by atoms with Crippen molar-refractivity contribution in [2.45, 2.75) is 11.4 Å². The second-order valence-electron chi connectivity index (χ2n) is 7.34. The normalized spacial score (nSPS) is 16.3. The zero-order valence-electron chi connectivity index (χ0n) is 15.7. The van der Waals surface area contributed by atoms with Crippen LogP contribution in [0.2, 0.25) is 0 Å². The predicted molar refractivity (Wildman–Crippen MR) is 117 cm³/mol. The molecule has 1 atom stereocenters. The Morgan fingerprint density at radius 3 is 2.50 bits per heavy atom. The van der Waals surface area contributed by atoms with Crippen LogP contribution in [-0.2, 0) is 30.9 Å². The van der Waals surface area contributed by atoms with E-state index in [1.165, 1.54) is 44.8 Å². The van der Waals surface area contributed by atoms with Gasteiger partial charge in [0.2, 0.25) is 0 Å². The van der Waals surface area contributed by atoms with E-state index in [1.807, 2.05) is 0 Å². The molecular weight excluding hydrogens is 578 g/mol. The molecule has 0 bridgehead atoms. The van der Waals surface area contributed by atoms with Crippen molar-refractivity contribution in [2.75, 3.05) is 0 Å². The quantitative estimate of drug-likeness (QED) is 0.239. The summed E-state index contributed by atoms with van der Waals surface area (Å²) in [6.45, 7) is 0. The van der Waals surface area contributed by atoms with E-state index < -0.39 is 19.7 Å². The summed E-state index contributed by atoms with van der Waals surface area (Å²) < 4.78 is 8.85. The van der Waals surface area contributed by atoms with E-state index in [1.54, 1.807) is 0 Å².